The summed E-state index contributed by atoms with van der Waals surface area (Å²) in [5.41, 5.74) is 2.95. The SMILES string of the molecule is O=C(NCC(=O)N(Cc1ccccc1)Cc1ccccc1)OCc1ccccc1. The molecule has 3 rings (SSSR count). The molecule has 0 aromatic heterocycles. The van der Waals surface area contributed by atoms with Crippen LogP contribution >= 0.6 is 0 Å². The summed E-state index contributed by atoms with van der Waals surface area (Å²) in [7, 11) is 0. The number of alkyl carbamates (subject to hydrolysis) is 1. The predicted molar refractivity (Wildman–Crippen MR) is 112 cm³/mol. The number of nitrogens with one attached hydrogen (secondary N) is 1. The summed E-state index contributed by atoms with van der Waals surface area (Å²) in [6.07, 6.45) is -0.610. The van der Waals surface area contributed by atoms with Crippen molar-refractivity contribution in [3.05, 3.63) is 108 Å². The van der Waals surface area contributed by atoms with Gasteiger partial charge < -0.3 is 15.0 Å². The maximum Gasteiger partial charge on any atom is 0.407 e. The molecule has 0 aliphatic rings. The van der Waals surface area contributed by atoms with Gasteiger partial charge in [0.05, 0.1) is 0 Å². The van der Waals surface area contributed by atoms with Crippen LogP contribution in [0.4, 0.5) is 4.79 Å². The van der Waals surface area contributed by atoms with Crippen LogP contribution in [0.3, 0.4) is 0 Å². The third-order valence-corrected chi connectivity index (χ3v) is 4.38. The van der Waals surface area contributed by atoms with E-state index in [-0.39, 0.29) is 19.1 Å². The number of rotatable bonds is 8. The van der Waals surface area contributed by atoms with Crippen molar-refractivity contribution in [2.75, 3.05) is 6.54 Å². The van der Waals surface area contributed by atoms with Gasteiger partial charge in [0.15, 0.2) is 0 Å². The number of carbonyl (C=O) groups is 2. The lowest BCUT2D eigenvalue weighted by atomic mass is 10.1. The average Bonchev–Trinajstić information content (AvgIpc) is 2.78. The maximum absolute atomic E-state index is 12.8. The number of benzene rings is 3. The highest BCUT2D eigenvalue weighted by molar-refractivity contribution is 5.82. The molecule has 2 amide bonds. The van der Waals surface area contributed by atoms with Crippen LogP contribution in [0.25, 0.3) is 0 Å². The first-order chi connectivity index (χ1) is 14.2. The second kappa shape index (κ2) is 10.7. The summed E-state index contributed by atoms with van der Waals surface area (Å²) in [6.45, 7) is 0.983. The fourth-order valence-electron chi connectivity index (χ4n) is 2.87. The molecule has 0 bridgehead atoms. The van der Waals surface area contributed by atoms with Gasteiger partial charge in [-0.15, -0.1) is 0 Å². The first kappa shape index (κ1) is 20.1. The van der Waals surface area contributed by atoms with E-state index < -0.39 is 6.09 Å². The van der Waals surface area contributed by atoms with Crippen molar-refractivity contribution in [1.82, 2.24) is 10.2 Å². The van der Waals surface area contributed by atoms with Gasteiger partial charge in [0.1, 0.15) is 13.2 Å². The first-order valence-electron chi connectivity index (χ1n) is 9.51. The summed E-state index contributed by atoms with van der Waals surface area (Å²) in [6, 6.07) is 29.0. The molecule has 0 heterocycles. The van der Waals surface area contributed by atoms with Crippen LogP contribution in [0.15, 0.2) is 91.0 Å². The van der Waals surface area contributed by atoms with E-state index in [1.54, 1.807) is 4.90 Å². The quantitative estimate of drug-likeness (QED) is 0.631. The van der Waals surface area contributed by atoms with Gasteiger partial charge in [0, 0.05) is 13.1 Å². The van der Waals surface area contributed by atoms with Gasteiger partial charge in [-0.1, -0.05) is 91.0 Å². The number of nitrogens with zero attached hydrogens (tertiary/aromatic N) is 1. The highest BCUT2D eigenvalue weighted by Crippen LogP contribution is 2.10. The molecule has 5 nitrogen and oxygen atoms in total. The first-order valence-corrected chi connectivity index (χ1v) is 9.51. The molecule has 29 heavy (non-hydrogen) atoms. The second-order valence-electron chi connectivity index (χ2n) is 6.64. The average molecular weight is 388 g/mol. The summed E-state index contributed by atoms with van der Waals surface area (Å²) in [5.74, 6) is -0.172. The molecular formula is C24H24N2O3. The van der Waals surface area contributed by atoms with E-state index in [0.29, 0.717) is 13.1 Å². The molecule has 0 aliphatic carbocycles. The lowest BCUT2D eigenvalue weighted by molar-refractivity contribution is -0.131. The van der Waals surface area contributed by atoms with Crippen LogP contribution < -0.4 is 5.32 Å². The van der Waals surface area contributed by atoms with Gasteiger partial charge in [0.2, 0.25) is 5.91 Å². The van der Waals surface area contributed by atoms with E-state index in [9.17, 15) is 9.59 Å². The van der Waals surface area contributed by atoms with E-state index in [2.05, 4.69) is 5.32 Å². The Labute approximate surface area is 170 Å². The van der Waals surface area contributed by atoms with Gasteiger partial charge in [-0.3, -0.25) is 4.79 Å². The fraction of sp³-hybridized carbons (Fsp3) is 0.167. The van der Waals surface area contributed by atoms with Crippen molar-refractivity contribution in [2.24, 2.45) is 0 Å². The molecule has 148 valence electrons. The van der Waals surface area contributed by atoms with Gasteiger partial charge >= 0.3 is 6.09 Å². The number of hydrogen-bond acceptors (Lipinski definition) is 3. The molecule has 0 radical (unpaired) electrons. The second-order valence-corrected chi connectivity index (χ2v) is 6.64. The Hall–Kier alpha value is -3.60. The molecule has 5 heteroatoms. The molecule has 1 N–H and O–H groups in total. The molecule has 0 spiro atoms. The van der Waals surface area contributed by atoms with Crippen molar-refractivity contribution in [3.63, 3.8) is 0 Å². The number of carbonyl (C=O) groups excluding carboxylic acids is 2. The van der Waals surface area contributed by atoms with E-state index >= 15 is 0 Å². The summed E-state index contributed by atoms with van der Waals surface area (Å²) in [5, 5.41) is 2.55. The monoisotopic (exact) mass is 388 g/mol. The van der Waals surface area contributed by atoms with Crippen LogP contribution in [-0.4, -0.2) is 23.4 Å². The van der Waals surface area contributed by atoms with E-state index in [1.165, 1.54) is 0 Å². The van der Waals surface area contributed by atoms with Crippen molar-refractivity contribution in [3.8, 4) is 0 Å². The summed E-state index contributed by atoms with van der Waals surface area (Å²) in [4.78, 5) is 26.5. The predicted octanol–water partition coefficient (Wildman–Crippen LogP) is 4.14. The van der Waals surface area contributed by atoms with Gasteiger partial charge in [0.25, 0.3) is 0 Å². The zero-order chi connectivity index (χ0) is 20.3. The zero-order valence-electron chi connectivity index (χ0n) is 16.2. The van der Waals surface area contributed by atoms with Gasteiger partial charge in [-0.05, 0) is 16.7 Å². The number of amides is 2. The molecule has 0 fully saturated rings. The van der Waals surface area contributed by atoms with Gasteiger partial charge in [-0.2, -0.15) is 0 Å². The molecule has 3 aromatic carbocycles. The van der Waals surface area contributed by atoms with Crippen molar-refractivity contribution < 1.29 is 14.3 Å². The Morgan fingerprint density at radius 3 is 1.62 bits per heavy atom. The lowest BCUT2D eigenvalue weighted by Crippen LogP contribution is -2.39. The highest BCUT2D eigenvalue weighted by atomic mass is 16.5. The van der Waals surface area contributed by atoms with Gasteiger partial charge in [-0.25, -0.2) is 4.79 Å². The fourth-order valence-corrected chi connectivity index (χ4v) is 2.87. The van der Waals surface area contributed by atoms with Crippen LogP contribution in [0.1, 0.15) is 16.7 Å². The third-order valence-electron chi connectivity index (χ3n) is 4.38. The summed E-state index contributed by atoms with van der Waals surface area (Å²) < 4.78 is 5.17. The smallest absolute Gasteiger partial charge is 0.407 e. The molecule has 0 atom stereocenters. The molecule has 3 aromatic rings. The normalized spacial score (nSPS) is 10.2. The van der Waals surface area contributed by atoms with Crippen LogP contribution in [0, 0.1) is 0 Å². The van der Waals surface area contributed by atoms with E-state index in [0.717, 1.165) is 16.7 Å². The molecule has 0 unspecified atom stereocenters. The van der Waals surface area contributed by atoms with Crippen molar-refractivity contribution >= 4 is 12.0 Å². The highest BCUT2D eigenvalue weighted by Gasteiger charge is 2.16. The van der Waals surface area contributed by atoms with Crippen LogP contribution in [-0.2, 0) is 29.2 Å². The Bertz CT molecular complexity index is 858. The molecule has 0 saturated carbocycles. The Kier molecular flexibility index (Phi) is 7.41. The molecule has 0 aliphatic heterocycles. The number of hydrogen-bond donors (Lipinski definition) is 1. The minimum absolute atomic E-state index is 0.118. The Morgan fingerprint density at radius 2 is 1.14 bits per heavy atom. The Morgan fingerprint density at radius 1 is 0.690 bits per heavy atom. The lowest BCUT2D eigenvalue weighted by Gasteiger charge is -2.23. The van der Waals surface area contributed by atoms with E-state index in [1.807, 2.05) is 91.0 Å². The zero-order valence-corrected chi connectivity index (χ0v) is 16.2. The Balaban J connectivity index is 1.56. The number of ether oxygens (including phenoxy) is 1. The largest absolute Gasteiger partial charge is 0.445 e. The minimum Gasteiger partial charge on any atom is -0.445 e. The van der Waals surface area contributed by atoms with Crippen molar-refractivity contribution in [1.29, 1.82) is 0 Å². The summed E-state index contributed by atoms with van der Waals surface area (Å²) >= 11 is 0. The third kappa shape index (κ3) is 6.81. The standard InChI is InChI=1S/C24H24N2O3/c27-23(16-25-24(28)29-19-22-14-8-3-9-15-22)26(17-20-10-4-1-5-11-20)18-21-12-6-2-7-13-21/h1-15H,16-19H2,(H,25,28). The topological polar surface area (TPSA) is 58.6 Å². The van der Waals surface area contributed by atoms with Crippen LogP contribution in [0.2, 0.25) is 0 Å². The van der Waals surface area contributed by atoms with Crippen LogP contribution in [0.5, 0.6) is 0 Å². The van der Waals surface area contributed by atoms with Crippen molar-refractivity contribution in [2.45, 2.75) is 19.7 Å². The molecule has 0 saturated heterocycles. The molecular weight excluding hydrogens is 364 g/mol. The van der Waals surface area contributed by atoms with E-state index in [4.69, 9.17) is 4.74 Å². The minimum atomic E-state index is -0.610. The maximum atomic E-state index is 12.8.